The Balaban J connectivity index is 5.40. The van der Waals surface area contributed by atoms with Gasteiger partial charge in [-0.1, -0.05) is 45.8 Å². The van der Waals surface area contributed by atoms with Crippen LogP contribution in [0.25, 0.3) is 0 Å². The molecule has 0 aliphatic rings. The van der Waals surface area contributed by atoms with Gasteiger partial charge in [-0.25, -0.2) is 0 Å². The predicted molar refractivity (Wildman–Crippen MR) is 71.0 cm³/mol. The maximum Gasteiger partial charge on any atom is -0.0217 e. The van der Waals surface area contributed by atoms with Crippen LogP contribution in [0.4, 0.5) is 0 Å². The summed E-state index contributed by atoms with van der Waals surface area (Å²) in [5, 5.41) is 0. The molecule has 0 heterocycles. The van der Waals surface area contributed by atoms with Crippen LogP contribution >= 0.6 is 0 Å². The molecule has 0 aromatic rings. The van der Waals surface area contributed by atoms with Crippen molar-refractivity contribution in [2.45, 2.75) is 61.8 Å². The Kier molecular flexibility index (Phi) is 5.93. The normalized spacial score (nSPS) is 15.6. The Morgan fingerprint density at radius 1 is 0.867 bits per heavy atom. The Hall–Kier alpha value is -0.520. The van der Waals surface area contributed by atoms with E-state index >= 15 is 0 Å². The standard InChI is InChI=1S/C15H28/c1-9-12(6)15(11(4)5)14(8)13(7)10(2)3/h10-11H,9H2,1-8H3. The zero-order valence-corrected chi connectivity index (χ0v) is 11.9. The molecule has 15 heavy (non-hydrogen) atoms. The van der Waals surface area contributed by atoms with Crippen LogP contribution in [0.1, 0.15) is 61.8 Å². The molecule has 0 N–H and O–H groups in total. The van der Waals surface area contributed by atoms with Crippen LogP contribution in [0.5, 0.6) is 0 Å². The number of hydrogen-bond acceptors (Lipinski definition) is 0. The first-order chi connectivity index (χ1) is 6.82. The lowest BCUT2D eigenvalue weighted by atomic mass is 9.86. The summed E-state index contributed by atoms with van der Waals surface area (Å²) in [5.41, 5.74) is 6.16. The van der Waals surface area contributed by atoms with Crippen LogP contribution in [0.15, 0.2) is 22.3 Å². The van der Waals surface area contributed by atoms with Gasteiger partial charge in [0.05, 0.1) is 0 Å². The van der Waals surface area contributed by atoms with Crippen LogP contribution in [-0.2, 0) is 0 Å². The Morgan fingerprint density at radius 3 is 1.60 bits per heavy atom. The Labute approximate surface area is 96.5 Å². The highest BCUT2D eigenvalue weighted by atomic mass is 14.2. The highest BCUT2D eigenvalue weighted by Gasteiger charge is 2.12. The smallest absolute Gasteiger partial charge is 0.0217 e. The van der Waals surface area contributed by atoms with Gasteiger partial charge in [-0.05, 0) is 50.2 Å². The molecule has 0 saturated heterocycles. The summed E-state index contributed by atoms with van der Waals surface area (Å²) in [5.74, 6) is 1.29. The molecule has 0 aliphatic heterocycles. The molecule has 0 spiro atoms. The Morgan fingerprint density at radius 2 is 1.33 bits per heavy atom. The molecule has 0 saturated carbocycles. The molecular weight excluding hydrogens is 180 g/mol. The lowest BCUT2D eigenvalue weighted by Gasteiger charge is -2.20. The van der Waals surface area contributed by atoms with E-state index in [9.17, 15) is 0 Å². The van der Waals surface area contributed by atoms with Crippen molar-refractivity contribution in [3.63, 3.8) is 0 Å². The lowest BCUT2D eigenvalue weighted by molar-refractivity contribution is 0.720. The molecule has 0 unspecified atom stereocenters. The average Bonchev–Trinajstić information content (AvgIpc) is 2.15. The van der Waals surface area contributed by atoms with Crippen molar-refractivity contribution in [3.05, 3.63) is 22.3 Å². The van der Waals surface area contributed by atoms with E-state index < -0.39 is 0 Å². The Bertz CT molecular complexity index is 262. The van der Waals surface area contributed by atoms with Gasteiger partial charge in [0, 0.05) is 0 Å². The van der Waals surface area contributed by atoms with E-state index in [-0.39, 0.29) is 0 Å². The van der Waals surface area contributed by atoms with Crippen molar-refractivity contribution in [2.75, 3.05) is 0 Å². The summed E-state index contributed by atoms with van der Waals surface area (Å²) in [6.07, 6.45) is 1.16. The van der Waals surface area contributed by atoms with Crippen molar-refractivity contribution in [2.24, 2.45) is 11.8 Å². The third-order valence-electron chi connectivity index (χ3n) is 3.43. The number of allylic oxidation sites excluding steroid dienone is 4. The summed E-state index contributed by atoms with van der Waals surface area (Å²) in [6.45, 7) is 18.2. The molecule has 0 radical (unpaired) electrons. The summed E-state index contributed by atoms with van der Waals surface area (Å²) in [7, 11) is 0. The topological polar surface area (TPSA) is 0 Å². The minimum Gasteiger partial charge on any atom is -0.0699 e. The molecule has 0 heteroatoms. The first-order valence-corrected chi connectivity index (χ1v) is 6.20. The summed E-state index contributed by atoms with van der Waals surface area (Å²) in [4.78, 5) is 0. The SMILES string of the molecule is CCC(C)=C(C(C)=C(C)C(C)C)C(C)C. The molecule has 0 rings (SSSR count). The quantitative estimate of drug-likeness (QED) is 0.545. The van der Waals surface area contributed by atoms with Gasteiger partial charge in [-0.2, -0.15) is 0 Å². The van der Waals surface area contributed by atoms with E-state index in [4.69, 9.17) is 0 Å². The predicted octanol–water partition coefficient (Wildman–Crippen LogP) is 5.36. The van der Waals surface area contributed by atoms with Crippen LogP contribution < -0.4 is 0 Å². The van der Waals surface area contributed by atoms with Gasteiger partial charge < -0.3 is 0 Å². The molecule has 0 aromatic heterocycles. The zero-order chi connectivity index (χ0) is 12.2. The van der Waals surface area contributed by atoms with Gasteiger partial charge in [0.1, 0.15) is 0 Å². The zero-order valence-electron chi connectivity index (χ0n) is 11.9. The van der Waals surface area contributed by atoms with E-state index in [1.807, 2.05) is 0 Å². The van der Waals surface area contributed by atoms with Crippen LogP contribution in [-0.4, -0.2) is 0 Å². The third kappa shape index (κ3) is 3.85. The first kappa shape index (κ1) is 14.5. The monoisotopic (exact) mass is 208 g/mol. The van der Waals surface area contributed by atoms with Crippen LogP contribution in [0.3, 0.4) is 0 Å². The second-order valence-corrected chi connectivity index (χ2v) is 5.16. The molecule has 0 atom stereocenters. The summed E-state index contributed by atoms with van der Waals surface area (Å²) in [6, 6.07) is 0. The van der Waals surface area contributed by atoms with Crippen LogP contribution in [0, 0.1) is 11.8 Å². The van der Waals surface area contributed by atoms with Crippen molar-refractivity contribution >= 4 is 0 Å². The first-order valence-electron chi connectivity index (χ1n) is 6.20. The fourth-order valence-corrected chi connectivity index (χ4v) is 2.08. The number of hydrogen-bond donors (Lipinski definition) is 0. The van der Waals surface area contributed by atoms with E-state index in [0.717, 1.165) is 6.42 Å². The van der Waals surface area contributed by atoms with Gasteiger partial charge >= 0.3 is 0 Å². The second kappa shape index (κ2) is 6.15. The maximum absolute atomic E-state index is 2.30. The molecule has 0 aromatic carbocycles. The molecule has 0 fully saturated rings. The average molecular weight is 208 g/mol. The lowest BCUT2D eigenvalue weighted by Crippen LogP contribution is -2.04. The van der Waals surface area contributed by atoms with E-state index in [0.29, 0.717) is 11.8 Å². The maximum atomic E-state index is 2.30. The number of rotatable bonds is 4. The molecule has 0 amide bonds. The minimum absolute atomic E-state index is 0.638. The molecule has 88 valence electrons. The molecular formula is C15H28. The van der Waals surface area contributed by atoms with Gasteiger partial charge in [-0.3, -0.25) is 0 Å². The van der Waals surface area contributed by atoms with Crippen molar-refractivity contribution < 1.29 is 0 Å². The third-order valence-corrected chi connectivity index (χ3v) is 3.43. The molecule has 0 aliphatic carbocycles. The second-order valence-electron chi connectivity index (χ2n) is 5.16. The van der Waals surface area contributed by atoms with E-state index in [2.05, 4.69) is 55.4 Å². The van der Waals surface area contributed by atoms with Crippen LogP contribution in [0.2, 0.25) is 0 Å². The largest absolute Gasteiger partial charge is 0.0699 e. The van der Waals surface area contributed by atoms with Gasteiger partial charge in [0.15, 0.2) is 0 Å². The van der Waals surface area contributed by atoms with Gasteiger partial charge in [0.2, 0.25) is 0 Å². The minimum atomic E-state index is 0.638. The van der Waals surface area contributed by atoms with E-state index in [1.165, 1.54) is 11.1 Å². The van der Waals surface area contributed by atoms with Gasteiger partial charge in [0.25, 0.3) is 0 Å². The fourth-order valence-electron chi connectivity index (χ4n) is 2.08. The van der Waals surface area contributed by atoms with Gasteiger partial charge in [-0.15, -0.1) is 0 Å². The van der Waals surface area contributed by atoms with Crippen molar-refractivity contribution in [1.82, 2.24) is 0 Å². The highest BCUT2D eigenvalue weighted by Crippen LogP contribution is 2.29. The van der Waals surface area contributed by atoms with E-state index in [1.54, 1.807) is 11.1 Å². The van der Waals surface area contributed by atoms with Crippen molar-refractivity contribution in [3.8, 4) is 0 Å². The summed E-state index contributed by atoms with van der Waals surface area (Å²) >= 11 is 0. The van der Waals surface area contributed by atoms with Crippen molar-refractivity contribution in [1.29, 1.82) is 0 Å². The highest BCUT2D eigenvalue weighted by molar-refractivity contribution is 5.38. The summed E-state index contributed by atoms with van der Waals surface area (Å²) < 4.78 is 0. The molecule has 0 nitrogen and oxygen atoms in total. The molecule has 0 bridgehead atoms. The fraction of sp³-hybridized carbons (Fsp3) is 0.733.